The van der Waals surface area contributed by atoms with Gasteiger partial charge in [-0.05, 0) is 55.0 Å². The van der Waals surface area contributed by atoms with Crippen molar-refractivity contribution in [2.75, 3.05) is 17.7 Å². The minimum absolute atomic E-state index is 0.283. The predicted octanol–water partition coefficient (Wildman–Crippen LogP) is 4.17. The third-order valence-electron chi connectivity index (χ3n) is 3.98. The first-order chi connectivity index (χ1) is 13.1. The molecule has 0 spiro atoms. The molecule has 3 aromatic rings. The number of pyridine rings is 1. The van der Waals surface area contributed by atoms with E-state index >= 15 is 0 Å². The van der Waals surface area contributed by atoms with Crippen molar-refractivity contribution in [1.29, 1.82) is 0 Å². The van der Waals surface area contributed by atoms with Gasteiger partial charge in [0.1, 0.15) is 5.69 Å². The zero-order valence-corrected chi connectivity index (χ0v) is 15.0. The number of aromatic nitrogens is 1. The lowest BCUT2D eigenvalue weighted by Gasteiger charge is -2.10. The lowest BCUT2D eigenvalue weighted by Crippen LogP contribution is -2.14. The van der Waals surface area contributed by atoms with Crippen molar-refractivity contribution in [3.63, 3.8) is 0 Å². The maximum atomic E-state index is 12.5. The van der Waals surface area contributed by atoms with Crippen molar-refractivity contribution >= 4 is 28.9 Å². The van der Waals surface area contributed by atoms with Crippen LogP contribution in [-0.4, -0.2) is 24.0 Å². The number of amides is 1. The molecule has 2 N–H and O–H groups in total. The maximum Gasteiger partial charge on any atom is 0.337 e. The zero-order valence-electron chi connectivity index (χ0n) is 15.0. The van der Waals surface area contributed by atoms with Crippen molar-refractivity contribution in [3.05, 3.63) is 83.7 Å². The summed E-state index contributed by atoms with van der Waals surface area (Å²) in [6.45, 7) is 2.01. The molecule has 136 valence electrons. The highest BCUT2D eigenvalue weighted by molar-refractivity contribution is 6.03. The Hall–Kier alpha value is -3.67. The van der Waals surface area contributed by atoms with E-state index < -0.39 is 5.97 Å². The number of carbonyl (C=O) groups is 2. The Labute approximate surface area is 157 Å². The summed E-state index contributed by atoms with van der Waals surface area (Å²) in [5.74, 6) is -0.765. The fraction of sp³-hybridized carbons (Fsp3) is 0.0952. The predicted molar refractivity (Wildman–Crippen MR) is 104 cm³/mol. The number of rotatable bonds is 5. The van der Waals surface area contributed by atoms with Crippen LogP contribution in [0.15, 0.2) is 66.9 Å². The number of hydrogen-bond acceptors (Lipinski definition) is 5. The number of nitrogens with one attached hydrogen (secondary N) is 2. The van der Waals surface area contributed by atoms with Gasteiger partial charge in [0, 0.05) is 23.3 Å². The number of methoxy groups -OCH3 is 1. The number of ether oxygens (including phenoxy) is 1. The molecule has 0 aliphatic heterocycles. The van der Waals surface area contributed by atoms with Gasteiger partial charge in [-0.2, -0.15) is 0 Å². The second-order valence-electron chi connectivity index (χ2n) is 5.89. The highest BCUT2D eigenvalue weighted by Gasteiger charge is 2.10. The number of aryl methyl sites for hydroxylation is 1. The van der Waals surface area contributed by atoms with Crippen molar-refractivity contribution in [2.24, 2.45) is 0 Å². The molecule has 1 amide bonds. The highest BCUT2D eigenvalue weighted by atomic mass is 16.5. The fourth-order valence-corrected chi connectivity index (χ4v) is 2.50. The second-order valence-corrected chi connectivity index (χ2v) is 5.89. The monoisotopic (exact) mass is 361 g/mol. The minimum Gasteiger partial charge on any atom is -0.465 e. The third-order valence-corrected chi connectivity index (χ3v) is 3.98. The summed E-state index contributed by atoms with van der Waals surface area (Å²) < 4.78 is 4.65. The van der Waals surface area contributed by atoms with E-state index in [0.717, 1.165) is 16.9 Å². The molecule has 0 fully saturated rings. The average molecular weight is 361 g/mol. The van der Waals surface area contributed by atoms with Gasteiger partial charge in [0.15, 0.2) is 0 Å². The Morgan fingerprint density at radius 2 is 1.70 bits per heavy atom. The molecule has 0 bridgehead atoms. The molecular weight excluding hydrogens is 342 g/mol. The first kappa shape index (κ1) is 18.1. The average Bonchev–Trinajstić information content (AvgIpc) is 2.70. The number of benzene rings is 2. The molecular formula is C21H19N3O3. The van der Waals surface area contributed by atoms with E-state index in [4.69, 9.17) is 0 Å². The van der Waals surface area contributed by atoms with Crippen molar-refractivity contribution in [3.8, 4) is 0 Å². The molecule has 0 radical (unpaired) electrons. The van der Waals surface area contributed by atoms with Crippen LogP contribution >= 0.6 is 0 Å². The number of para-hydroxylation sites is 1. The van der Waals surface area contributed by atoms with E-state index in [0.29, 0.717) is 11.3 Å². The molecule has 0 aliphatic carbocycles. The van der Waals surface area contributed by atoms with Crippen LogP contribution in [0.3, 0.4) is 0 Å². The van der Waals surface area contributed by atoms with Crippen LogP contribution in [0.5, 0.6) is 0 Å². The Morgan fingerprint density at radius 1 is 0.963 bits per heavy atom. The molecule has 0 atom stereocenters. The summed E-state index contributed by atoms with van der Waals surface area (Å²) in [6, 6.07) is 17.8. The fourth-order valence-electron chi connectivity index (χ4n) is 2.50. The highest BCUT2D eigenvalue weighted by Crippen LogP contribution is 2.20. The molecule has 3 rings (SSSR count). The van der Waals surface area contributed by atoms with E-state index in [2.05, 4.69) is 20.4 Å². The lowest BCUT2D eigenvalue weighted by atomic mass is 10.2. The van der Waals surface area contributed by atoms with Crippen LogP contribution < -0.4 is 10.6 Å². The van der Waals surface area contributed by atoms with Gasteiger partial charge in [-0.1, -0.05) is 18.2 Å². The van der Waals surface area contributed by atoms with Gasteiger partial charge in [-0.3, -0.25) is 9.78 Å². The van der Waals surface area contributed by atoms with E-state index in [1.165, 1.54) is 7.11 Å². The van der Waals surface area contributed by atoms with Crippen molar-refractivity contribution in [2.45, 2.75) is 6.92 Å². The summed E-state index contributed by atoms with van der Waals surface area (Å²) in [4.78, 5) is 28.1. The Morgan fingerprint density at radius 3 is 2.41 bits per heavy atom. The minimum atomic E-state index is -0.426. The largest absolute Gasteiger partial charge is 0.465 e. The van der Waals surface area contributed by atoms with Crippen LogP contribution in [-0.2, 0) is 4.74 Å². The summed E-state index contributed by atoms with van der Waals surface area (Å²) in [7, 11) is 1.32. The molecule has 0 saturated heterocycles. The molecule has 0 saturated carbocycles. The molecule has 6 heteroatoms. The zero-order chi connectivity index (χ0) is 19.2. The molecule has 0 unspecified atom stereocenters. The maximum absolute atomic E-state index is 12.5. The molecule has 0 aliphatic rings. The molecule has 1 aromatic heterocycles. The van der Waals surface area contributed by atoms with Gasteiger partial charge in [0.25, 0.3) is 5.91 Å². The Bertz CT molecular complexity index is 968. The first-order valence-electron chi connectivity index (χ1n) is 8.35. The topological polar surface area (TPSA) is 80.3 Å². The van der Waals surface area contributed by atoms with Gasteiger partial charge in [-0.25, -0.2) is 4.79 Å². The lowest BCUT2D eigenvalue weighted by molar-refractivity contribution is 0.0600. The number of esters is 1. The van der Waals surface area contributed by atoms with E-state index in [-0.39, 0.29) is 11.6 Å². The summed E-state index contributed by atoms with van der Waals surface area (Å²) in [5.41, 5.74) is 4.10. The molecule has 6 nitrogen and oxygen atoms in total. The van der Waals surface area contributed by atoms with E-state index in [9.17, 15) is 9.59 Å². The van der Waals surface area contributed by atoms with E-state index in [1.807, 2.05) is 31.2 Å². The van der Waals surface area contributed by atoms with Crippen LogP contribution in [0.25, 0.3) is 0 Å². The van der Waals surface area contributed by atoms with Gasteiger partial charge in [-0.15, -0.1) is 0 Å². The molecule has 1 heterocycles. The number of carbonyl (C=O) groups excluding carboxylic acids is 2. The standard InChI is InChI=1S/C21H19N3O3/c1-14-5-3-4-6-18(14)23-17-11-12-22-19(13-17)20(25)24-16-9-7-15(8-10-16)21(26)27-2/h3-13H,1-2H3,(H,22,23)(H,24,25). The number of nitrogens with zero attached hydrogens (tertiary/aromatic N) is 1. The van der Waals surface area contributed by atoms with Crippen LogP contribution in [0.4, 0.5) is 17.1 Å². The quantitative estimate of drug-likeness (QED) is 0.667. The second kappa shape index (κ2) is 8.14. The SMILES string of the molecule is COC(=O)c1ccc(NC(=O)c2cc(Nc3ccccc3C)ccn2)cc1. The van der Waals surface area contributed by atoms with Gasteiger partial charge >= 0.3 is 5.97 Å². The summed E-state index contributed by atoms with van der Waals surface area (Å²) in [6.07, 6.45) is 1.58. The van der Waals surface area contributed by atoms with Gasteiger partial charge < -0.3 is 15.4 Å². The van der Waals surface area contributed by atoms with Gasteiger partial charge in [0.05, 0.1) is 12.7 Å². The molecule has 2 aromatic carbocycles. The summed E-state index contributed by atoms with van der Waals surface area (Å²) in [5, 5.41) is 6.05. The van der Waals surface area contributed by atoms with Crippen LogP contribution in [0.2, 0.25) is 0 Å². The number of hydrogen-bond donors (Lipinski definition) is 2. The smallest absolute Gasteiger partial charge is 0.337 e. The van der Waals surface area contributed by atoms with E-state index in [1.54, 1.807) is 42.6 Å². The first-order valence-corrected chi connectivity index (χ1v) is 8.35. The van der Waals surface area contributed by atoms with Crippen molar-refractivity contribution < 1.29 is 14.3 Å². The van der Waals surface area contributed by atoms with Crippen LogP contribution in [0, 0.1) is 6.92 Å². The van der Waals surface area contributed by atoms with Crippen LogP contribution in [0.1, 0.15) is 26.4 Å². The normalized spacial score (nSPS) is 10.1. The Balaban J connectivity index is 1.72. The molecule has 27 heavy (non-hydrogen) atoms. The Kier molecular flexibility index (Phi) is 5.47. The van der Waals surface area contributed by atoms with Crippen molar-refractivity contribution in [1.82, 2.24) is 4.98 Å². The number of anilines is 3. The third kappa shape index (κ3) is 4.49. The van der Waals surface area contributed by atoms with Gasteiger partial charge in [0.2, 0.25) is 0 Å². The summed E-state index contributed by atoms with van der Waals surface area (Å²) >= 11 is 0.